The lowest BCUT2D eigenvalue weighted by atomic mass is 9.81. The van der Waals surface area contributed by atoms with E-state index in [2.05, 4.69) is 4.90 Å². The number of halogens is 4. The monoisotopic (exact) mass is 727 g/mol. The zero-order chi connectivity index (χ0) is 38.5. The van der Waals surface area contributed by atoms with Gasteiger partial charge in [0.25, 0.3) is 5.56 Å². The van der Waals surface area contributed by atoms with E-state index in [1.807, 2.05) is 27.7 Å². The number of aromatic nitrogens is 2. The average molecular weight is 728 g/mol. The molecule has 1 saturated heterocycles. The summed E-state index contributed by atoms with van der Waals surface area (Å²) >= 11 is 0. The van der Waals surface area contributed by atoms with Crippen LogP contribution in [0.25, 0.3) is 11.1 Å². The molecule has 1 unspecified atom stereocenters. The third-order valence-corrected chi connectivity index (χ3v) is 10.8. The van der Waals surface area contributed by atoms with Crippen molar-refractivity contribution in [1.82, 2.24) is 14.7 Å². The molecule has 4 rings (SSSR count). The number of esters is 1. The van der Waals surface area contributed by atoms with Crippen LogP contribution in [-0.2, 0) is 26.9 Å². The smallest absolute Gasteiger partial charge is 0.419 e. The van der Waals surface area contributed by atoms with Crippen LogP contribution in [-0.4, -0.2) is 52.7 Å². The molecule has 52 heavy (non-hydrogen) atoms. The molecule has 3 atom stereocenters. The fourth-order valence-corrected chi connectivity index (χ4v) is 7.53. The summed E-state index contributed by atoms with van der Waals surface area (Å²) in [4.78, 5) is 43.5. The third-order valence-electron chi connectivity index (χ3n) is 10.8. The number of hydrogen-bond donors (Lipinski definition) is 0. The lowest BCUT2D eigenvalue weighted by Gasteiger charge is -2.32. The maximum atomic E-state index is 16.1. The zero-order valence-electron chi connectivity index (χ0n) is 31.8. The highest BCUT2D eigenvalue weighted by atomic mass is 19.4. The maximum Gasteiger partial charge on any atom is 0.419 e. The fraction of sp³-hybridized carbons (Fsp3) is 0.561. The van der Waals surface area contributed by atoms with Gasteiger partial charge >= 0.3 is 12.1 Å². The van der Waals surface area contributed by atoms with Crippen LogP contribution in [0.1, 0.15) is 111 Å². The molecule has 11 heteroatoms. The van der Waals surface area contributed by atoms with E-state index < -0.39 is 41.9 Å². The summed E-state index contributed by atoms with van der Waals surface area (Å²) in [7, 11) is 0. The molecular weight excluding hydrogens is 674 g/mol. The van der Waals surface area contributed by atoms with E-state index in [1.54, 1.807) is 45.9 Å². The Bertz CT molecular complexity index is 1790. The van der Waals surface area contributed by atoms with Crippen molar-refractivity contribution < 1.29 is 31.9 Å². The van der Waals surface area contributed by atoms with E-state index in [-0.39, 0.29) is 53.8 Å². The number of nitrogens with zero attached hydrogens (tertiary/aromatic N) is 3. The van der Waals surface area contributed by atoms with Crippen LogP contribution in [0.5, 0.6) is 0 Å². The minimum Gasteiger partial charge on any atom is -0.466 e. The normalized spacial score (nSPS) is 15.3. The molecule has 1 aliphatic rings. The lowest BCUT2D eigenvalue weighted by molar-refractivity contribution is -0.143. The summed E-state index contributed by atoms with van der Waals surface area (Å²) < 4.78 is 65.8. The van der Waals surface area contributed by atoms with Gasteiger partial charge < -0.3 is 9.64 Å². The van der Waals surface area contributed by atoms with Crippen molar-refractivity contribution >= 4 is 11.8 Å². The Morgan fingerprint density at radius 3 is 2.19 bits per heavy atom. The quantitative estimate of drug-likeness (QED) is 0.108. The van der Waals surface area contributed by atoms with Crippen molar-refractivity contribution in [2.45, 2.75) is 112 Å². The Kier molecular flexibility index (Phi) is 13.6. The van der Waals surface area contributed by atoms with Gasteiger partial charge in [-0.05, 0) is 124 Å². The molecule has 284 valence electrons. The number of benzene rings is 2. The first-order chi connectivity index (χ1) is 24.5. The molecule has 0 amide bonds. The molecule has 1 aliphatic heterocycles. The van der Waals surface area contributed by atoms with Crippen LogP contribution in [0.2, 0.25) is 0 Å². The molecule has 1 aromatic heterocycles. The van der Waals surface area contributed by atoms with E-state index in [4.69, 9.17) is 9.84 Å². The summed E-state index contributed by atoms with van der Waals surface area (Å²) in [6.45, 7) is 17.5. The van der Waals surface area contributed by atoms with Gasteiger partial charge in [0, 0.05) is 24.9 Å². The molecular formula is C41H53F4N3O4. The van der Waals surface area contributed by atoms with Crippen LogP contribution in [0.3, 0.4) is 0 Å². The van der Waals surface area contributed by atoms with Crippen molar-refractivity contribution in [3.63, 3.8) is 0 Å². The largest absolute Gasteiger partial charge is 0.466 e. The van der Waals surface area contributed by atoms with Gasteiger partial charge in [0.2, 0.25) is 0 Å². The molecule has 1 fully saturated rings. The number of ketones is 1. The van der Waals surface area contributed by atoms with E-state index >= 15 is 4.39 Å². The Morgan fingerprint density at radius 1 is 1.00 bits per heavy atom. The minimum absolute atomic E-state index is 0.0186. The molecule has 7 nitrogen and oxygen atoms in total. The maximum absolute atomic E-state index is 16.1. The Morgan fingerprint density at radius 2 is 1.65 bits per heavy atom. The van der Waals surface area contributed by atoms with E-state index in [1.165, 1.54) is 10.7 Å². The van der Waals surface area contributed by atoms with Crippen molar-refractivity contribution in [2.24, 2.45) is 11.8 Å². The molecule has 0 radical (unpaired) electrons. The number of likely N-dealkylation sites (tertiary alicyclic amines) is 1. The lowest BCUT2D eigenvalue weighted by Crippen LogP contribution is -2.41. The molecule has 0 N–H and O–H groups in total. The first-order valence-corrected chi connectivity index (χ1v) is 18.5. The molecule has 0 spiro atoms. The summed E-state index contributed by atoms with van der Waals surface area (Å²) in [5, 5.41) is 4.81. The summed E-state index contributed by atoms with van der Waals surface area (Å²) in [6.07, 6.45) is -3.50. The first-order valence-electron chi connectivity index (χ1n) is 18.5. The van der Waals surface area contributed by atoms with Gasteiger partial charge in [0.1, 0.15) is 11.9 Å². The number of rotatable bonds is 16. The molecule has 2 heterocycles. The zero-order valence-corrected chi connectivity index (χ0v) is 31.8. The number of carbonyl (C=O) groups is 2. The summed E-state index contributed by atoms with van der Waals surface area (Å²) in [5.74, 6) is -3.96. The van der Waals surface area contributed by atoms with Crippen molar-refractivity contribution in [1.29, 1.82) is 0 Å². The number of Topliss-reactive ketones (excluding diaryl/α,β-unsaturated/α-hetero) is 1. The molecule has 0 aliphatic carbocycles. The predicted octanol–water partition coefficient (Wildman–Crippen LogP) is 8.86. The standard InChI is InChI=1S/C41H53F4N3O4/c1-9-31(24(3)4)39(48-40(51)28(8)27(7)34(46-48)17-20-47-18-12-19-47)35(49)16-15-29(23-36(50)52-10-2)32-21-30(22-33(38(32)42)41(43,44)45)37-25(5)13-11-14-26(37)6/h11,13-14,21-22,24,29,31,39H,9-10,12,15-20,23H2,1-8H3/t29-,31?,39-/m0/s1. The SMILES string of the molecule is CCOC(=O)C[C@H](CCC(=O)[C@H](C(CC)C(C)C)n1nc(CCN2CCC2)c(C)c(C)c1=O)c1cc(-c2c(C)cccc2C)cc(C(F)(F)F)c1F. The van der Waals surface area contributed by atoms with Gasteiger partial charge in [-0.15, -0.1) is 0 Å². The number of alkyl halides is 3. The highest BCUT2D eigenvalue weighted by Crippen LogP contribution is 2.42. The second-order valence-electron chi connectivity index (χ2n) is 14.6. The van der Waals surface area contributed by atoms with Crippen LogP contribution < -0.4 is 5.56 Å². The van der Waals surface area contributed by atoms with Gasteiger partial charge in [0.05, 0.1) is 24.3 Å². The van der Waals surface area contributed by atoms with Gasteiger partial charge in [-0.2, -0.15) is 18.3 Å². The van der Waals surface area contributed by atoms with Crippen molar-refractivity contribution in [3.8, 4) is 11.1 Å². The van der Waals surface area contributed by atoms with Gasteiger partial charge in [-0.25, -0.2) is 9.07 Å². The summed E-state index contributed by atoms with van der Waals surface area (Å²) in [6, 6.07) is 6.55. The van der Waals surface area contributed by atoms with E-state index in [9.17, 15) is 27.6 Å². The average Bonchev–Trinajstić information content (AvgIpc) is 3.04. The Labute approximate surface area is 304 Å². The van der Waals surface area contributed by atoms with E-state index in [0.717, 1.165) is 43.4 Å². The molecule has 0 saturated carbocycles. The van der Waals surface area contributed by atoms with E-state index in [0.29, 0.717) is 35.1 Å². The predicted molar refractivity (Wildman–Crippen MR) is 195 cm³/mol. The third kappa shape index (κ3) is 9.19. The Balaban J connectivity index is 1.80. The minimum atomic E-state index is -5.02. The number of aryl methyl sites for hydroxylation is 2. The second kappa shape index (κ2) is 17.3. The first kappa shape index (κ1) is 40.9. The van der Waals surface area contributed by atoms with Gasteiger partial charge in [-0.3, -0.25) is 14.4 Å². The fourth-order valence-electron chi connectivity index (χ4n) is 7.53. The topological polar surface area (TPSA) is 81.5 Å². The van der Waals surface area contributed by atoms with Crippen molar-refractivity contribution in [3.05, 3.63) is 85.6 Å². The number of hydrogen-bond acceptors (Lipinski definition) is 6. The van der Waals surface area contributed by atoms with Crippen LogP contribution >= 0.6 is 0 Å². The highest BCUT2D eigenvalue weighted by Gasteiger charge is 2.38. The van der Waals surface area contributed by atoms with Crippen molar-refractivity contribution in [2.75, 3.05) is 26.2 Å². The highest BCUT2D eigenvalue weighted by molar-refractivity contribution is 5.83. The van der Waals surface area contributed by atoms with Crippen LogP contribution in [0.15, 0.2) is 35.1 Å². The Hall–Kier alpha value is -3.86. The van der Waals surface area contributed by atoms with Crippen LogP contribution in [0.4, 0.5) is 17.6 Å². The molecule has 0 bridgehead atoms. The second-order valence-corrected chi connectivity index (χ2v) is 14.6. The number of carbonyl (C=O) groups excluding carboxylic acids is 2. The molecule has 2 aromatic carbocycles. The van der Waals surface area contributed by atoms with Gasteiger partial charge in [-0.1, -0.05) is 45.4 Å². The van der Waals surface area contributed by atoms with Gasteiger partial charge in [0.15, 0.2) is 5.78 Å². The summed E-state index contributed by atoms with van der Waals surface area (Å²) in [5.41, 5.74) is 2.04. The number of ether oxygens (including phenoxy) is 1. The van der Waals surface area contributed by atoms with Crippen LogP contribution in [0, 0.1) is 45.3 Å². The molecule has 3 aromatic rings.